The molecule has 2 aliphatic heterocycles. The highest BCUT2D eigenvalue weighted by Gasteiger charge is 2.44. The molecule has 0 N–H and O–H groups in total. The van der Waals surface area contributed by atoms with E-state index in [0.29, 0.717) is 34.6 Å². The van der Waals surface area contributed by atoms with Crippen LogP contribution in [0.2, 0.25) is 5.02 Å². The number of rotatable bonds is 10. The van der Waals surface area contributed by atoms with Crippen molar-refractivity contribution in [1.29, 1.82) is 0 Å². The van der Waals surface area contributed by atoms with Crippen LogP contribution in [0.15, 0.2) is 78.1 Å². The lowest BCUT2D eigenvalue weighted by atomic mass is 9.90. The topological polar surface area (TPSA) is 28.1 Å². The van der Waals surface area contributed by atoms with Crippen molar-refractivity contribution in [3.8, 4) is 0 Å². The predicted molar refractivity (Wildman–Crippen MR) is 172 cm³/mol. The third kappa shape index (κ3) is 7.98. The molecule has 0 saturated carbocycles. The molecule has 1 unspecified atom stereocenters. The van der Waals surface area contributed by atoms with Crippen LogP contribution in [0, 0.1) is 5.92 Å². The molecule has 2 atom stereocenters. The fourth-order valence-electron chi connectivity index (χ4n) is 6.52. The van der Waals surface area contributed by atoms with Gasteiger partial charge in [-0.3, -0.25) is 9.89 Å². The maximum atomic E-state index is 14.4. The zero-order valence-corrected chi connectivity index (χ0v) is 26.8. The Kier molecular flexibility index (Phi) is 11.2. The standard InChI is InChI=1S/C35H41ClF5N3O/c1-7-27-25(19-32(37)38)9-8-10-28(27)33-29-20-26(36)11-12-30(29)44(23(5)35(39,40)41)34(42-6)31(45-33)18-22(4)43-15-13-24(14-16-43)17-21(2)3/h8-12,20,24,31-33H,2,4-5,7,13-19H2,1,3,6H3/t31-,33?/m1/s1. The number of alkyl halides is 5. The van der Waals surface area contributed by atoms with Crippen LogP contribution < -0.4 is 4.90 Å². The van der Waals surface area contributed by atoms with Crippen LogP contribution in [-0.4, -0.2) is 49.6 Å². The van der Waals surface area contributed by atoms with Crippen molar-refractivity contribution in [1.82, 2.24) is 4.90 Å². The maximum absolute atomic E-state index is 14.4. The molecule has 2 aliphatic rings. The number of anilines is 1. The van der Waals surface area contributed by atoms with E-state index in [0.717, 1.165) is 48.5 Å². The summed E-state index contributed by atoms with van der Waals surface area (Å²) in [4.78, 5) is 7.50. The molecular weight excluding hydrogens is 609 g/mol. The van der Waals surface area contributed by atoms with E-state index in [-0.39, 0.29) is 23.0 Å². The first kappa shape index (κ1) is 34.7. The molecule has 2 aromatic rings. The summed E-state index contributed by atoms with van der Waals surface area (Å²) in [6.07, 6.45) is -6.28. The number of allylic oxidation sites excluding steroid dienone is 2. The second kappa shape index (κ2) is 14.5. The minimum atomic E-state index is -4.79. The van der Waals surface area contributed by atoms with Gasteiger partial charge >= 0.3 is 6.18 Å². The number of ether oxygens (including phenoxy) is 1. The lowest BCUT2D eigenvalue weighted by Crippen LogP contribution is -2.44. The van der Waals surface area contributed by atoms with Gasteiger partial charge in [-0.05, 0) is 73.4 Å². The van der Waals surface area contributed by atoms with Crippen LogP contribution in [0.25, 0.3) is 0 Å². The number of halogens is 6. The summed E-state index contributed by atoms with van der Waals surface area (Å²) in [5.41, 5.74) is 2.94. The Balaban J connectivity index is 1.83. The number of fused-ring (bicyclic) bond motifs is 1. The highest BCUT2D eigenvalue weighted by Crippen LogP contribution is 2.45. The van der Waals surface area contributed by atoms with Gasteiger partial charge in [0.15, 0.2) is 0 Å². The van der Waals surface area contributed by atoms with E-state index in [2.05, 4.69) is 29.6 Å². The van der Waals surface area contributed by atoms with Gasteiger partial charge in [-0.25, -0.2) is 8.78 Å². The number of hydrogen-bond acceptors (Lipinski definition) is 3. The Morgan fingerprint density at radius 2 is 1.76 bits per heavy atom. The van der Waals surface area contributed by atoms with Crippen LogP contribution >= 0.6 is 11.6 Å². The Hall–Kier alpha value is -3.17. The number of amidine groups is 1. The molecule has 10 heteroatoms. The van der Waals surface area contributed by atoms with E-state index in [1.807, 2.05) is 13.8 Å². The molecule has 1 saturated heterocycles. The zero-order chi connectivity index (χ0) is 33.1. The molecule has 2 aromatic carbocycles. The largest absolute Gasteiger partial charge is 0.431 e. The summed E-state index contributed by atoms with van der Waals surface area (Å²) >= 11 is 6.44. The molecule has 0 radical (unpaired) electrons. The second-order valence-electron chi connectivity index (χ2n) is 11.9. The maximum Gasteiger partial charge on any atom is 0.431 e. The molecule has 45 heavy (non-hydrogen) atoms. The van der Waals surface area contributed by atoms with Crippen LogP contribution in [0.1, 0.15) is 67.9 Å². The summed E-state index contributed by atoms with van der Waals surface area (Å²) < 4.78 is 77.2. The van der Waals surface area contributed by atoms with Gasteiger partial charge in [0.25, 0.3) is 0 Å². The van der Waals surface area contributed by atoms with Crippen molar-refractivity contribution in [3.63, 3.8) is 0 Å². The summed E-state index contributed by atoms with van der Waals surface area (Å²) in [5, 5.41) is 0.289. The van der Waals surface area contributed by atoms with Crippen molar-refractivity contribution >= 4 is 23.1 Å². The van der Waals surface area contributed by atoms with E-state index in [4.69, 9.17) is 16.3 Å². The number of aliphatic imine (C=N–C) groups is 1. The Morgan fingerprint density at radius 3 is 2.33 bits per heavy atom. The minimum absolute atomic E-state index is 0.0171. The SMILES string of the molecule is C=C(C)CC1CCN(C(=C)C[C@H]2OC(c3cccc(CC(F)F)c3CC)c3cc(Cl)ccc3N(C(=C)C(F)(F)F)C2=NC)CC1. The molecule has 0 aromatic heterocycles. The van der Waals surface area contributed by atoms with Crippen molar-refractivity contribution in [2.45, 2.75) is 77.2 Å². The summed E-state index contributed by atoms with van der Waals surface area (Å²) in [5.74, 6) is 0.541. The number of nitrogens with zero attached hydrogens (tertiary/aromatic N) is 3. The highest BCUT2D eigenvalue weighted by atomic mass is 35.5. The normalized spacial score (nSPS) is 20.4. The van der Waals surface area contributed by atoms with Gasteiger partial charge in [0.2, 0.25) is 6.43 Å². The third-order valence-corrected chi connectivity index (χ3v) is 8.83. The van der Waals surface area contributed by atoms with Crippen molar-refractivity contribution in [2.75, 3.05) is 25.0 Å². The van der Waals surface area contributed by atoms with Gasteiger partial charge in [-0.15, -0.1) is 6.58 Å². The molecule has 4 nitrogen and oxygen atoms in total. The van der Waals surface area contributed by atoms with Gasteiger partial charge in [0.05, 0.1) is 5.69 Å². The third-order valence-electron chi connectivity index (χ3n) is 8.60. The first-order valence-corrected chi connectivity index (χ1v) is 15.6. The van der Waals surface area contributed by atoms with E-state index in [1.165, 1.54) is 19.2 Å². The number of benzene rings is 2. The van der Waals surface area contributed by atoms with E-state index < -0.39 is 36.9 Å². The van der Waals surface area contributed by atoms with Crippen LogP contribution in [0.3, 0.4) is 0 Å². The van der Waals surface area contributed by atoms with Crippen LogP contribution in [-0.2, 0) is 17.6 Å². The average molecular weight is 650 g/mol. The molecule has 0 amide bonds. The molecule has 0 bridgehead atoms. The van der Waals surface area contributed by atoms with Gasteiger partial charge in [-0.2, -0.15) is 13.2 Å². The Bertz CT molecular complexity index is 1450. The molecule has 2 heterocycles. The summed E-state index contributed by atoms with van der Waals surface area (Å²) in [6, 6.07) is 9.66. The minimum Gasteiger partial charge on any atom is -0.375 e. The lowest BCUT2D eigenvalue weighted by Gasteiger charge is -2.37. The van der Waals surface area contributed by atoms with E-state index in [1.54, 1.807) is 24.3 Å². The van der Waals surface area contributed by atoms with Crippen LogP contribution in [0.4, 0.5) is 27.6 Å². The lowest BCUT2D eigenvalue weighted by molar-refractivity contribution is -0.0918. The van der Waals surface area contributed by atoms with Crippen molar-refractivity contribution < 1.29 is 26.7 Å². The van der Waals surface area contributed by atoms with Gasteiger partial charge < -0.3 is 9.64 Å². The number of likely N-dealkylation sites (tertiary alicyclic amines) is 1. The van der Waals surface area contributed by atoms with Gasteiger partial charge in [0, 0.05) is 49.3 Å². The summed E-state index contributed by atoms with van der Waals surface area (Å²) in [7, 11) is 1.42. The Morgan fingerprint density at radius 1 is 1.07 bits per heavy atom. The quantitative estimate of drug-likeness (QED) is 0.190. The molecular formula is C35H41ClF5N3O. The molecule has 0 spiro atoms. The Labute approximate surface area is 267 Å². The fourth-order valence-corrected chi connectivity index (χ4v) is 6.70. The van der Waals surface area contributed by atoms with Crippen LogP contribution in [0.5, 0.6) is 0 Å². The molecule has 244 valence electrons. The number of hydrogen-bond donors (Lipinski definition) is 0. The van der Waals surface area contributed by atoms with E-state index in [9.17, 15) is 22.0 Å². The fraction of sp³-hybridized carbons (Fsp3) is 0.457. The number of piperidine rings is 1. The predicted octanol–water partition coefficient (Wildman–Crippen LogP) is 9.69. The van der Waals surface area contributed by atoms with Crippen molar-refractivity contribution in [3.05, 3.63) is 100 Å². The van der Waals surface area contributed by atoms with Gasteiger partial charge in [0.1, 0.15) is 23.7 Å². The second-order valence-corrected chi connectivity index (χ2v) is 12.3. The highest BCUT2D eigenvalue weighted by molar-refractivity contribution is 6.30. The molecule has 0 aliphatic carbocycles. The first-order chi connectivity index (χ1) is 21.2. The molecule has 4 rings (SSSR count). The smallest absolute Gasteiger partial charge is 0.375 e. The summed E-state index contributed by atoms with van der Waals surface area (Å²) in [6.45, 7) is 17.2. The zero-order valence-electron chi connectivity index (χ0n) is 26.1. The molecule has 1 fully saturated rings. The van der Waals surface area contributed by atoms with Crippen molar-refractivity contribution in [2.24, 2.45) is 10.9 Å². The first-order valence-electron chi connectivity index (χ1n) is 15.2. The monoisotopic (exact) mass is 649 g/mol. The van der Waals surface area contributed by atoms with E-state index >= 15 is 0 Å². The average Bonchev–Trinajstić information content (AvgIpc) is 3.09. The van der Waals surface area contributed by atoms with Gasteiger partial charge in [-0.1, -0.05) is 55.5 Å².